The second-order valence-electron chi connectivity index (χ2n) is 7.45. The molecule has 6 heteroatoms. The van der Waals surface area contributed by atoms with Crippen LogP contribution in [0.4, 0.5) is 4.39 Å². The first-order chi connectivity index (χ1) is 14.2. The minimum atomic E-state index is -0.203. The van der Waals surface area contributed by atoms with E-state index in [0.29, 0.717) is 11.4 Å². The van der Waals surface area contributed by atoms with Crippen molar-refractivity contribution in [3.8, 4) is 0 Å². The molecule has 29 heavy (non-hydrogen) atoms. The van der Waals surface area contributed by atoms with Gasteiger partial charge in [0.1, 0.15) is 5.82 Å². The van der Waals surface area contributed by atoms with Crippen LogP contribution in [0.2, 0.25) is 0 Å². The van der Waals surface area contributed by atoms with Gasteiger partial charge in [-0.2, -0.15) is 0 Å². The summed E-state index contributed by atoms with van der Waals surface area (Å²) in [6.45, 7) is 2.52. The zero-order chi connectivity index (χ0) is 20.1. The lowest BCUT2D eigenvalue weighted by Crippen LogP contribution is -2.43. The molecular weight excluding hydrogens is 385 g/mol. The van der Waals surface area contributed by atoms with Crippen LogP contribution in [-0.2, 0) is 6.54 Å². The number of benzene rings is 1. The number of hydrogen-bond acceptors (Lipinski definition) is 4. The lowest BCUT2D eigenvalue weighted by atomic mass is 9.88. The van der Waals surface area contributed by atoms with Crippen LogP contribution in [-0.4, -0.2) is 28.9 Å². The highest BCUT2D eigenvalue weighted by molar-refractivity contribution is 7.12. The second-order valence-corrected chi connectivity index (χ2v) is 8.40. The zero-order valence-corrected chi connectivity index (χ0v) is 16.9. The molecule has 1 aromatic carbocycles. The molecule has 1 saturated heterocycles. The Kier molecular flexibility index (Phi) is 6.32. The number of carbonyl (C=O) groups is 1. The van der Waals surface area contributed by atoms with Crippen LogP contribution in [0.1, 0.15) is 39.8 Å². The van der Waals surface area contributed by atoms with Gasteiger partial charge in [-0.15, -0.1) is 11.3 Å². The predicted molar refractivity (Wildman–Crippen MR) is 113 cm³/mol. The minimum Gasteiger partial charge on any atom is -0.343 e. The van der Waals surface area contributed by atoms with Crippen LogP contribution in [0.3, 0.4) is 0 Å². The first kappa shape index (κ1) is 19.7. The molecule has 3 aromatic rings. The molecule has 2 aromatic heterocycles. The number of thiophene rings is 1. The van der Waals surface area contributed by atoms with E-state index in [2.05, 4.69) is 15.2 Å². The molecule has 0 unspecified atom stereocenters. The lowest BCUT2D eigenvalue weighted by molar-refractivity contribution is 0.0879. The highest BCUT2D eigenvalue weighted by Gasteiger charge is 2.30. The third-order valence-corrected chi connectivity index (χ3v) is 6.22. The van der Waals surface area contributed by atoms with Crippen LogP contribution in [0, 0.1) is 11.7 Å². The van der Waals surface area contributed by atoms with Crippen LogP contribution in [0.15, 0.2) is 66.2 Å². The molecule has 0 saturated carbocycles. The average Bonchev–Trinajstić information content (AvgIpc) is 3.28. The molecule has 1 aliphatic rings. The summed E-state index contributed by atoms with van der Waals surface area (Å²) >= 11 is 1.44. The van der Waals surface area contributed by atoms with Gasteiger partial charge in [0.05, 0.1) is 16.6 Å². The largest absolute Gasteiger partial charge is 0.343 e. The molecule has 0 radical (unpaired) electrons. The Hall–Kier alpha value is -2.57. The van der Waals surface area contributed by atoms with E-state index in [-0.39, 0.29) is 23.7 Å². The fourth-order valence-corrected chi connectivity index (χ4v) is 4.64. The Morgan fingerprint density at radius 1 is 1.24 bits per heavy atom. The van der Waals surface area contributed by atoms with E-state index in [1.807, 2.05) is 41.8 Å². The summed E-state index contributed by atoms with van der Waals surface area (Å²) in [6, 6.07) is 16.2. The quantitative estimate of drug-likeness (QED) is 0.644. The number of hydrogen-bond donors (Lipinski definition) is 1. The molecule has 1 N–H and O–H groups in total. The number of amides is 1. The van der Waals surface area contributed by atoms with Crippen LogP contribution in [0.25, 0.3) is 0 Å². The number of likely N-dealkylation sites (tertiary alicyclic amines) is 1. The van der Waals surface area contributed by atoms with E-state index >= 15 is 0 Å². The van der Waals surface area contributed by atoms with E-state index in [4.69, 9.17) is 0 Å². The van der Waals surface area contributed by atoms with Crippen molar-refractivity contribution in [3.05, 3.63) is 88.1 Å². The van der Waals surface area contributed by atoms with Gasteiger partial charge in [0.25, 0.3) is 5.91 Å². The number of carbonyl (C=O) groups excluding carboxylic acids is 1. The van der Waals surface area contributed by atoms with Crippen molar-refractivity contribution in [1.82, 2.24) is 15.2 Å². The summed E-state index contributed by atoms with van der Waals surface area (Å²) in [4.78, 5) is 20.3. The number of piperidine rings is 1. The van der Waals surface area contributed by atoms with Crippen molar-refractivity contribution >= 4 is 17.2 Å². The highest BCUT2D eigenvalue weighted by atomic mass is 32.1. The van der Waals surface area contributed by atoms with Crippen molar-refractivity contribution in [2.45, 2.75) is 25.4 Å². The maximum atomic E-state index is 13.6. The molecular formula is C23H24FN3OS. The van der Waals surface area contributed by atoms with Gasteiger partial charge in [0.15, 0.2) is 0 Å². The topological polar surface area (TPSA) is 45.2 Å². The van der Waals surface area contributed by atoms with E-state index in [1.165, 1.54) is 17.4 Å². The summed E-state index contributed by atoms with van der Waals surface area (Å²) in [5, 5.41) is 5.13. The molecule has 1 amide bonds. The van der Waals surface area contributed by atoms with Gasteiger partial charge in [-0.1, -0.05) is 24.3 Å². The molecule has 3 heterocycles. The summed E-state index contributed by atoms with van der Waals surface area (Å²) in [7, 11) is 0. The molecule has 4 nitrogen and oxygen atoms in total. The number of aromatic nitrogens is 1. The smallest absolute Gasteiger partial charge is 0.261 e. The Labute approximate surface area is 174 Å². The summed E-state index contributed by atoms with van der Waals surface area (Å²) in [5.41, 5.74) is 1.86. The van der Waals surface area contributed by atoms with Gasteiger partial charge in [-0.05, 0) is 66.6 Å². The maximum absolute atomic E-state index is 13.6. The number of pyridine rings is 1. The van der Waals surface area contributed by atoms with E-state index in [9.17, 15) is 9.18 Å². The second kappa shape index (κ2) is 9.29. The van der Waals surface area contributed by atoms with Crippen molar-refractivity contribution in [1.29, 1.82) is 0 Å². The van der Waals surface area contributed by atoms with Gasteiger partial charge in [-0.25, -0.2) is 4.39 Å². The Morgan fingerprint density at radius 2 is 2.17 bits per heavy atom. The number of nitrogens with zero attached hydrogens (tertiary/aromatic N) is 2. The van der Waals surface area contributed by atoms with Gasteiger partial charge in [0, 0.05) is 19.3 Å². The van der Waals surface area contributed by atoms with Gasteiger partial charge in [0.2, 0.25) is 0 Å². The molecule has 2 atom stereocenters. The first-order valence-corrected chi connectivity index (χ1v) is 10.8. The molecule has 0 spiro atoms. The number of rotatable bonds is 6. The predicted octanol–water partition coefficient (Wildman–Crippen LogP) is 4.67. The standard InChI is InChI=1S/C23H24FN3OS/c24-19-8-3-6-17(14-19)15-27-12-4-7-18(16-27)22(20-9-1-2-11-25-20)26-23(28)21-10-5-13-29-21/h1-3,5-6,8-11,13-14,18,22H,4,7,12,15-16H2,(H,26,28)/t18-,22-/m1/s1. The highest BCUT2D eigenvalue weighted by Crippen LogP contribution is 2.30. The van der Waals surface area contributed by atoms with E-state index in [1.54, 1.807) is 18.3 Å². The minimum absolute atomic E-state index is 0.0575. The van der Waals surface area contributed by atoms with Gasteiger partial charge < -0.3 is 5.32 Å². The maximum Gasteiger partial charge on any atom is 0.261 e. The first-order valence-electron chi connectivity index (χ1n) is 9.91. The van der Waals surface area contributed by atoms with Crippen LogP contribution in [0.5, 0.6) is 0 Å². The Bertz CT molecular complexity index is 932. The van der Waals surface area contributed by atoms with Crippen molar-refractivity contribution in [2.75, 3.05) is 13.1 Å². The van der Waals surface area contributed by atoms with Crippen LogP contribution >= 0.6 is 11.3 Å². The fraction of sp³-hybridized carbons (Fsp3) is 0.304. The van der Waals surface area contributed by atoms with Gasteiger partial charge >= 0.3 is 0 Å². The summed E-state index contributed by atoms with van der Waals surface area (Å²) in [6.07, 6.45) is 3.83. The van der Waals surface area contributed by atoms with Crippen molar-refractivity contribution < 1.29 is 9.18 Å². The van der Waals surface area contributed by atoms with Gasteiger partial charge in [-0.3, -0.25) is 14.7 Å². The SMILES string of the molecule is O=C(N[C@@H](c1ccccn1)[C@@H]1CCCN(Cc2cccc(F)c2)C1)c1cccs1. The Morgan fingerprint density at radius 3 is 2.93 bits per heavy atom. The molecule has 150 valence electrons. The number of nitrogens with one attached hydrogen (secondary N) is 1. The summed E-state index contributed by atoms with van der Waals surface area (Å²) in [5.74, 6) is -0.0142. The molecule has 0 aliphatic carbocycles. The lowest BCUT2D eigenvalue weighted by Gasteiger charge is -2.37. The fourth-order valence-electron chi connectivity index (χ4n) is 4.01. The molecule has 4 rings (SSSR count). The monoisotopic (exact) mass is 409 g/mol. The van der Waals surface area contributed by atoms with Crippen molar-refractivity contribution in [3.63, 3.8) is 0 Å². The normalized spacial score (nSPS) is 18.3. The van der Waals surface area contributed by atoms with Crippen molar-refractivity contribution in [2.24, 2.45) is 5.92 Å². The zero-order valence-electron chi connectivity index (χ0n) is 16.1. The van der Waals surface area contributed by atoms with Crippen LogP contribution < -0.4 is 5.32 Å². The Balaban J connectivity index is 1.51. The van der Waals surface area contributed by atoms with E-state index in [0.717, 1.165) is 37.2 Å². The average molecular weight is 410 g/mol. The summed E-state index contributed by atoms with van der Waals surface area (Å²) < 4.78 is 13.6. The third-order valence-electron chi connectivity index (χ3n) is 5.35. The molecule has 1 aliphatic heterocycles. The molecule has 0 bridgehead atoms. The number of halogens is 1. The third kappa shape index (κ3) is 5.08. The molecule has 1 fully saturated rings. The van der Waals surface area contributed by atoms with E-state index < -0.39 is 0 Å².